The van der Waals surface area contributed by atoms with Crippen molar-refractivity contribution >= 4 is 5.91 Å². The van der Waals surface area contributed by atoms with E-state index >= 15 is 0 Å². The van der Waals surface area contributed by atoms with Crippen LogP contribution < -0.4 is 5.32 Å². The number of rotatable bonds is 5. The molecular formula is C18H20FNO. The average molecular weight is 285 g/mol. The number of aryl methyl sites for hydroxylation is 1. The van der Waals surface area contributed by atoms with Gasteiger partial charge in [-0.2, -0.15) is 0 Å². The van der Waals surface area contributed by atoms with Gasteiger partial charge in [-0.15, -0.1) is 0 Å². The topological polar surface area (TPSA) is 29.1 Å². The second-order valence-electron chi connectivity index (χ2n) is 5.15. The highest BCUT2D eigenvalue weighted by Crippen LogP contribution is 2.14. The molecule has 0 saturated heterocycles. The van der Waals surface area contributed by atoms with Crippen LogP contribution in [0, 0.1) is 5.82 Å². The summed E-state index contributed by atoms with van der Waals surface area (Å²) in [7, 11) is 0. The molecule has 0 bridgehead atoms. The number of amides is 1. The first-order valence-corrected chi connectivity index (χ1v) is 7.21. The Hall–Kier alpha value is -2.16. The zero-order chi connectivity index (χ0) is 15.2. The van der Waals surface area contributed by atoms with E-state index in [-0.39, 0.29) is 24.2 Å². The van der Waals surface area contributed by atoms with E-state index in [1.807, 2.05) is 19.1 Å². The SMILES string of the molecule is CCc1ccc([C@@H](C)NC(=O)Cc2ccccc2F)cc1. The third-order valence-corrected chi connectivity index (χ3v) is 3.57. The molecule has 0 aliphatic rings. The zero-order valence-electron chi connectivity index (χ0n) is 12.4. The summed E-state index contributed by atoms with van der Waals surface area (Å²) in [5, 5.41) is 2.90. The van der Waals surface area contributed by atoms with Crippen molar-refractivity contribution in [2.24, 2.45) is 0 Å². The average Bonchev–Trinajstić information content (AvgIpc) is 2.49. The van der Waals surface area contributed by atoms with Gasteiger partial charge in [-0.05, 0) is 36.1 Å². The second-order valence-corrected chi connectivity index (χ2v) is 5.15. The Morgan fingerprint density at radius 3 is 2.43 bits per heavy atom. The van der Waals surface area contributed by atoms with Gasteiger partial charge < -0.3 is 5.32 Å². The van der Waals surface area contributed by atoms with Gasteiger partial charge in [0.15, 0.2) is 0 Å². The van der Waals surface area contributed by atoms with E-state index in [0.717, 1.165) is 12.0 Å². The molecule has 1 N–H and O–H groups in total. The molecule has 0 aliphatic carbocycles. The van der Waals surface area contributed by atoms with E-state index in [9.17, 15) is 9.18 Å². The van der Waals surface area contributed by atoms with Crippen LogP contribution in [-0.2, 0) is 17.6 Å². The van der Waals surface area contributed by atoms with E-state index in [4.69, 9.17) is 0 Å². The van der Waals surface area contributed by atoms with E-state index < -0.39 is 0 Å². The minimum absolute atomic E-state index is 0.0596. The highest BCUT2D eigenvalue weighted by atomic mass is 19.1. The van der Waals surface area contributed by atoms with Crippen molar-refractivity contribution in [2.75, 3.05) is 0 Å². The lowest BCUT2D eigenvalue weighted by Gasteiger charge is -2.15. The number of halogens is 1. The monoisotopic (exact) mass is 285 g/mol. The van der Waals surface area contributed by atoms with Crippen molar-refractivity contribution in [1.29, 1.82) is 0 Å². The molecule has 0 fully saturated rings. The molecule has 2 aromatic rings. The Morgan fingerprint density at radius 2 is 1.81 bits per heavy atom. The summed E-state index contributed by atoms with van der Waals surface area (Å²) >= 11 is 0. The van der Waals surface area contributed by atoms with Gasteiger partial charge in [0, 0.05) is 0 Å². The van der Waals surface area contributed by atoms with Gasteiger partial charge in [0.05, 0.1) is 12.5 Å². The molecule has 0 aromatic heterocycles. The minimum atomic E-state index is -0.340. The third-order valence-electron chi connectivity index (χ3n) is 3.57. The standard InChI is InChI=1S/C18H20FNO/c1-3-14-8-10-15(11-9-14)13(2)20-18(21)12-16-6-4-5-7-17(16)19/h4-11,13H,3,12H2,1-2H3,(H,20,21)/t13-/m1/s1. The van der Waals surface area contributed by atoms with E-state index in [2.05, 4.69) is 24.4 Å². The molecule has 2 rings (SSSR count). The molecule has 2 aromatic carbocycles. The van der Waals surface area contributed by atoms with Gasteiger partial charge in [0.1, 0.15) is 5.82 Å². The van der Waals surface area contributed by atoms with Crippen molar-refractivity contribution in [3.05, 3.63) is 71.0 Å². The number of nitrogens with one attached hydrogen (secondary N) is 1. The summed E-state index contributed by atoms with van der Waals surface area (Å²) in [4.78, 5) is 12.0. The largest absolute Gasteiger partial charge is 0.349 e. The summed E-state index contributed by atoms with van der Waals surface area (Å²) in [5.74, 6) is -0.514. The van der Waals surface area contributed by atoms with Gasteiger partial charge in [-0.1, -0.05) is 49.4 Å². The van der Waals surface area contributed by atoms with E-state index in [1.165, 1.54) is 11.6 Å². The molecule has 0 spiro atoms. The van der Waals surface area contributed by atoms with Gasteiger partial charge >= 0.3 is 0 Å². The summed E-state index contributed by atoms with van der Waals surface area (Å²) < 4.78 is 13.5. The second kappa shape index (κ2) is 7.02. The predicted octanol–water partition coefficient (Wildman–Crippen LogP) is 3.81. The van der Waals surface area contributed by atoms with E-state index in [0.29, 0.717) is 5.56 Å². The highest BCUT2D eigenvalue weighted by Gasteiger charge is 2.12. The maximum absolute atomic E-state index is 13.5. The number of hydrogen-bond donors (Lipinski definition) is 1. The van der Waals surface area contributed by atoms with Crippen LogP contribution in [-0.4, -0.2) is 5.91 Å². The fraction of sp³-hybridized carbons (Fsp3) is 0.278. The van der Waals surface area contributed by atoms with Gasteiger partial charge in [0.25, 0.3) is 0 Å². The normalized spacial score (nSPS) is 12.0. The number of hydrogen-bond acceptors (Lipinski definition) is 1. The zero-order valence-corrected chi connectivity index (χ0v) is 12.4. The minimum Gasteiger partial charge on any atom is -0.349 e. The van der Waals surface area contributed by atoms with Gasteiger partial charge in [-0.25, -0.2) is 4.39 Å². The van der Waals surface area contributed by atoms with Crippen LogP contribution in [0.2, 0.25) is 0 Å². The van der Waals surface area contributed by atoms with Gasteiger partial charge in [-0.3, -0.25) is 4.79 Å². The molecule has 0 aliphatic heterocycles. The molecule has 2 nitrogen and oxygen atoms in total. The maximum Gasteiger partial charge on any atom is 0.225 e. The molecule has 0 unspecified atom stereocenters. The third kappa shape index (κ3) is 4.15. The first-order valence-electron chi connectivity index (χ1n) is 7.21. The number of benzene rings is 2. The molecule has 1 atom stereocenters. The van der Waals surface area contributed by atoms with Crippen LogP contribution in [0.25, 0.3) is 0 Å². The Kier molecular flexibility index (Phi) is 5.09. The summed E-state index contributed by atoms with van der Waals surface area (Å²) in [6.45, 7) is 4.04. The lowest BCUT2D eigenvalue weighted by molar-refractivity contribution is -0.121. The fourth-order valence-corrected chi connectivity index (χ4v) is 2.23. The van der Waals surface area contributed by atoms with Crippen LogP contribution in [0.4, 0.5) is 4.39 Å². The number of carbonyl (C=O) groups is 1. The summed E-state index contributed by atoms with van der Waals surface area (Å²) in [6, 6.07) is 14.4. The van der Waals surface area contributed by atoms with Gasteiger partial charge in [0.2, 0.25) is 5.91 Å². The van der Waals surface area contributed by atoms with Crippen LogP contribution in [0.1, 0.15) is 36.6 Å². The van der Waals surface area contributed by atoms with E-state index in [1.54, 1.807) is 18.2 Å². The molecule has 110 valence electrons. The Morgan fingerprint density at radius 1 is 1.14 bits per heavy atom. The molecular weight excluding hydrogens is 265 g/mol. The van der Waals surface area contributed by atoms with Crippen molar-refractivity contribution in [3.63, 3.8) is 0 Å². The van der Waals surface area contributed by atoms with Crippen LogP contribution in [0.5, 0.6) is 0 Å². The fourth-order valence-electron chi connectivity index (χ4n) is 2.23. The Bertz CT molecular complexity index is 607. The van der Waals surface area contributed by atoms with Crippen LogP contribution in [0.15, 0.2) is 48.5 Å². The molecule has 0 radical (unpaired) electrons. The highest BCUT2D eigenvalue weighted by molar-refractivity contribution is 5.79. The summed E-state index contributed by atoms with van der Waals surface area (Å²) in [6.07, 6.45) is 1.05. The number of carbonyl (C=O) groups excluding carboxylic acids is 1. The Balaban J connectivity index is 1.97. The Labute approximate surface area is 125 Å². The van der Waals surface area contributed by atoms with Crippen molar-refractivity contribution in [1.82, 2.24) is 5.32 Å². The predicted molar refractivity (Wildman–Crippen MR) is 82.5 cm³/mol. The maximum atomic E-state index is 13.5. The first kappa shape index (κ1) is 15.2. The van der Waals surface area contributed by atoms with Crippen molar-refractivity contribution in [3.8, 4) is 0 Å². The molecule has 1 amide bonds. The molecule has 0 saturated carbocycles. The van der Waals surface area contributed by atoms with Crippen LogP contribution >= 0.6 is 0 Å². The quantitative estimate of drug-likeness (QED) is 0.889. The lowest BCUT2D eigenvalue weighted by Crippen LogP contribution is -2.28. The first-order chi connectivity index (χ1) is 10.1. The molecule has 3 heteroatoms. The summed E-state index contributed by atoms with van der Waals surface area (Å²) in [5.41, 5.74) is 2.74. The smallest absolute Gasteiger partial charge is 0.225 e. The van der Waals surface area contributed by atoms with Crippen LogP contribution in [0.3, 0.4) is 0 Å². The van der Waals surface area contributed by atoms with Crippen molar-refractivity contribution < 1.29 is 9.18 Å². The lowest BCUT2D eigenvalue weighted by atomic mass is 10.0. The van der Waals surface area contributed by atoms with Crippen molar-refractivity contribution in [2.45, 2.75) is 32.7 Å². The molecule has 0 heterocycles. The molecule has 21 heavy (non-hydrogen) atoms.